The second-order valence-electron chi connectivity index (χ2n) is 6.39. The topological polar surface area (TPSA) is 78.9 Å². The summed E-state index contributed by atoms with van der Waals surface area (Å²) in [4.78, 5) is 17.2. The molecule has 8 heteroatoms. The Balaban J connectivity index is 1.52. The van der Waals surface area contributed by atoms with Crippen LogP contribution in [0.1, 0.15) is 29.0 Å². The van der Waals surface area contributed by atoms with Gasteiger partial charge in [0, 0.05) is 5.38 Å². The first-order valence-electron chi connectivity index (χ1n) is 8.98. The van der Waals surface area contributed by atoms with Crippen LogP contribution in [0, 0.1) is 0 Å². The van der Waals surface area contributed by atoms with E-state index < -0.39 is 0 Å². The van der Waals surface area contributed by atoms with Gasteiger partial charge >= 0.3 is 0 Å². The summed E-state index contributed by atoms with van der Waals surface area (Å²) < 4.78 is 21.5. The van der Waals surface area contributed by atoms with Gasteiger partial charge in [0.05, 0.1) is 25.8 Å². The molecule has 0 unspecified atom stereocenters. The van der Waals surface area contributed by atoms with Crippen molar-refractivity contribution in [3.63, 3.8) is 0 Å². The third-order valence-electron chi connectivity index (χ3n) is 4.61. The molecule has 2 heterocycles. The molecule has 1 amide bonds. The summed E-state index contributed by atoms with van der Waals surface area (Å²) in [5, 5.41) is 5.39. The van der Waals surface area contributed by atoms with Crippen molar-refractivity contribution in [2.75, 3.05) is 21.0 Å². The Kier molecular flexibility index (Phi) is 5.26. The number of ether oxygens (including phenoxy) is 4. The predicted molar refractivity (Wildman–Crippen MR) is 109 cm³/mol. The Bertz CT molecular complexity index is 1050. The number of carbonyl (C=O) groups excluding carboxylic acids is 1. The van der Waals surface area contributed by atoms with Crippen LogP contribution in [0.25, 0.3) is 10.6 Å². The van der Waals surface area contributed by atoms with Crippen molar-refractivity contribution in [3.05, 3.63) is 53.0 Å². The van der Waals surface area contributed by atoms with E-state index >= 15 is 0 Å². The molecule has 2 aromatic carbocycles. The first kappa shape index (κ1) is 19.1. The average molecular weight is 412 g/mol. The fraction of sp³-hybridized carbons (Fsp3) is 0.238. The van der Waals surface area contributed by atoms with Crippen LogP contribution in [0.5, 0.6) is 23.0 Å². The highest BCUT2D eigenvalue weighted by Crippen LogP contribution is 2.39. The number of aromatic nitrogens is 1. The number of para-hydroxylation sites is 1. The number of rotatable bonds is 6. The smallest absolute Gasteiger partial charge is 0.271 e. The van der Waals surface area contributed by atoms with Gasteiger partial charge in [-0.15, -0.1) is 11.3 Å². The third-order valence-corrected chi connectivity index (χ3v) is 5.49. The number of hydrogen-bond acceptors (Lipinski definition) is 7. The van der Waals surface area contributed by atoms with Crippen molar-refractivity contribution < 1.29 is 23.7 Å². The van der Waals surface area contributed by atoms with Gasteiger partial charge in [-0.05, 0) is 36.8 Å². The second kappa shape index (κ2) is 8.00. The quantitative estimate of drug-likeness (QED) is 0.658. The normalized spacial score (nSPS) is 13.1. The van der Waals surface area contributed by atoms with Crippen LogP contribution in [-0.2, 0) is 0 Å². The number of hydrogen-bond donors (Lipinski definition) is 1. The van der Waals surface area contributed by atoms with Gasteiger partial charge in [-0.2, -0.15) is 0 Å². The van der Waals surface area contributed by atoms with E-state index in [1.165, 1.54) is 11.3 Å². The Morgan fingerprint density at radius 1 is 1.17 bits per heavy atom. The number of benzene rings is 2. The molecule has 1 aliphatic heterocycles. The molecule has 1 aliphatic rings. The lowest BCUT2D eigenvalue weighted by Gasteiger charge is -2.14. The van der Waals surface area contributed by atoms with Crippen LogP contribution < -0.4 is 24.3 Å². The van der Waals surface area contributed by atoms with E-state index in [0.29, 0.717) is 33.7 Å². The van der Waals surface area contributed by atoms with Crippen molar-refractivity contribution in [2.45, 2.75) is 13.0 Å². The maximum Gasteiger partial charge on any atom is 0.271 e. The molecule has 0 spiro atoms. The number of thiazole rings is 1. The third kappa shape index (κ3) is 3.71. The van der Waals surface area contributed by atoms with Crippen LogP contribution in [0.2, 0.25) is 0 Å². The highest BCUT2D eigenvalue weighted by molar-refractivity contribution is 7.13. The summed E-state index contributed by atoms with van der Waals surface area (Å²) in [6, 6.07) is 11.0. The minimum atomic E-state index is -0.250. The largest absolute Gasteiger partial charge is 0.493 e. The first-order chi connectivity index (χ1) is 14.1. The average Bonchev–Trinajstić information content (AvgIpc) is 3.41. The molecular weight excluding hydrogens is 392 g/mol. The van der Waals surface area contributed by atoms with Gasteiger partial charge in [0.2, 0.25) is 6.79 Å². The van der Waals surface area contributed by atoms with Crippen molar-refractivity contribution in [1.82, 2.24) is 10.3 Å². The Labute approximate surface area is 172 Å². The molecule has 0 bridgehead atoms. The van der Waals surface area contributed by atoms with Crippen LogP contribution in [0.4, 0.5) is 0 Å². The Morgan fingerprint density at radius 2 is 2.00 bits per heavy atom. The molecule has 150 valence electrons. The van der Waals surface area contributed by atoms with Crippen LogP contribution >= 0.6 is 11.3 Å². The van der Waals surface area contributed by atoms with Gasteiger partial charge in [-0.1, -0.05) is 12.1 Å². The maximum absolute atomic E-state index is 12.7. The first-order valence-corrected chi connectivity index (χ1v) is 9.86. The molecule has 1 aromatic heterocycles. The molecule has 0 radical (unpaired) electrons. The number of carbonyl (C=O) groups is 1. The van der Waals surface area contributed by atoms with Crippen LogP contribution in [-0.4, -0.2) is 31.9 Å². The molecule has 4 rings (SSSR count). The Morgan fingerprint density at radius 3 is 2.79 bits per heavy atom. The zero-order chi connectivity index (χ0) is 20.4. The minimum Gasteiger partial charge on any atom is -0.493 e. The molecular formula is C21H20N2O5S. The van der Waals surface area contributed by atoms with E-state index in [0.717, 1.165) is 11.1 Å². The van der Waals surface area contributed by atoms with Crippen molar-refractivity contribution in [2.24, 2.45) is 0 Å². The van der Waals surface area contributed by atoms with Gasteiger partial charge in [-0.3, -0.25) is 4.79 Å². The van der Waals surface area contributed by atoms with Crippen molar-refractivity contribution in [3.8, 4) is 33.6 Å². The lowest BCUT2D eigenvalue weighted by atomic mass is 10.1. The van der Waals surface area contributed by atoms with Crippen LogP contribution in [0.15, 0.2) is 41.8 Å². The van der Waals surface area contributed by atoms with Crippen LogP contribution in [0.3, 0.4) is 0 Å². The standard InChI is InChI=1S/C21H20N2O5S/c1-12(13-7-8-16-18(9-13)28-11-27-16)22-20(24)15-10-29-21(23-15)14-5-4-6-17(25-2)19(14)26-3/h4-10,12H,11H2,1-3H3,(H,22,24)/t12-/m0/s1. The molecule has 0 fully saturated rings. The second-order valence-corrected chi connectivity index (χ2v) is 7.24. The van der Waals surface area contributed by atoms with E-state index in [1.54, 1.807) is 19.6 Å². The summed E-state index contributed by atoms with van der Waals surface area (Å²) >= 11 is 1.37. The number of nitrogens with one attached hydrogen (secondary N) is 1. The summed E-state index contributed by atoms with van der Waals surface area (Å²) in [5.41, 5.74) is 2.05. The van der Waals surface area contributed by atoms with Gasteiger partial charge < -0.3 is 24.3 Å². The van der Waals surface area contributed by atoms with Crippen molar-refractivity contribution in [1.29, 1.82) is 0 Å². The Hall–Kier alpha value is -3.26. The zero-order valence-corrected chi connectivity index (χ0v) is 17.0. The van der Waals surface area contributed by atoms with Gasteiger partial charge in [0.25, 0.3) is 5.91 Å². The highest BCUT2D eigenvalue weighted by atomic mass is 32.1. The van der Waals surface area contributed by atoms with Gasteiger partial charge in [0.15, 0.2) is 23.0 Å². The molecule has 3 aromatic rings. The fourth-order valence-electron chi connectivity index (χ4n) is 3.09. The van der Waals surface area contributed by atoms with E-state index in [1.807, 2.05) is 43.3 Å². The van der Waals surface area contributed by atoms with E-state index in [9.17, 15) is 4.79 Å². The maximum atomic E-state index is 12.7. The minimum absolute atomic E-state index is 0.214. The molecule has 1 N–H and O–H groups in total. The fourth-order valence-corrected chi connectivity index (χ4v) is 3.92. The number of fused-ring (bicyclic) bond motifs is 1. The number of amides is 1. The molecule has 29 heavy (non-hydrogen) atoms. The van der Waals surface area contributed by atoms with E-state index in [-0.39, 0.29) is 18.7 Å². The summed E-state index contributed by atoms with van der Waals surface area (Å²) in [7, 11) is 3.16. The predicted octanol–water partition coefficient (Wildman–Crippen LogP) is 4.05. The molecule has 0 saturated carbocycles. The lowest BCUT2D eigenvalue weighted by molar-refractivity contribution is 0.0935. The van der Waals surface area contributed by atoms with Gasteiger partial charge in [-0.25, -0.2) is 4.98 Å². The zero-order valence-electron chi connectivity index (χ0n) is 16.2. The molecule has 1 atom stereocenters. The highest BCUT2D eigenvalue weighted by Gasteiger charge is 2.20. The SMILES string of the molecule is COc1cccc(-c2nc(C(=O)N[C@@H](C)c3ccc4c(c3)OCO4)cs2)c1OC. The lowest BCUT2D eigenvalue weighted by Crippen LogP contribution is -2.26. The number of methoxy groups -OCH3 is 2. The summed E-state index contributed by atoms with van der Waals surface area (Å²) in [6.07, 6.45) is 0. The molecule has 7 nitrogen and oxygen atoms in total. The van der Waals surface area contributed by atoms with E-state index in [4.69, 9.17) is 18.9 Å². The van der Waals surface area contributed by atoms with Gasteiger partial charge in [0.1, 0.15) is 10.7 Å². The van der Waals surface area contributed by atoms with E-state index in [2.05, 4.69) is 10.3 Å². The van der Waals surface area contributed by atoms with Crippen molar-refractivity contribution >= 4 is 17.2 Å². The molecule has 0 aliphatic carbocycles. The number of nitrogens with zero attached hydrogens (tertiary/aromatic N) is 1. The summed E-state index contributed by atoms with van der Waals surface area (Å²) in [6.45, 7) is 2.13. The monoisotopic (exact) mass is 412 g/mol. The summed E-state index contributed by atoms with van der Waals surface area (Å²) in [5.74, 6) is 2.35. The molecule has 0 saturated heterocycles.